The van der Waals surface area contributed by atoms with Crippen molar-refractivity contribution in [3.8, 4) is 6.07 Å². The molecule has 2 heteroatoms. The molecule has 1 nitrogen and oxygen atoms in total. The number of nitriles is 1. The SMILES string of the molecule is CCc1ccc(CCCCC2CCC(/C=C/C=C(\F)C#N)CC2)cc1. The Kier molecular flexibility index (Phi) is 8.46. The smallest absolute Gasteiger partial charge is 0.195 e. The van der Waals surface area contributed by atoms with Crippen molar-refractivity contribution < 1.29 is 4.39 Å². The zero-order valence-corrected chi connectivity index (χ0v) is 15.4. The summed E-state index contributed by atoms with van der Waals surface area (Å²) < 4.78 is 12.7. The van der Waals surface area contributed by atoms with Crippen LogP contribution in [0.15, 0.2) is 48.3 Å². The van der Waals surface area contributed by atoms with E-state index in [1.807, 2.05) is 0 Å². The minimum atomic E-state index is -0.714. The number of hydrogen-bond donors (Lipinski definition) is 0. The van der Waals surface area contributed by atoms with Gasteiger partial charge in [-0.05, 0) is 74.0 Å². The molecule has 0 spiro atoms. The lowest BCUT2D eigenvalue weighted by molar-refractivity contribution is 0.289. The zero-order chi connectivity index (χ0) is 17.9. The Morgan fingerprint density at radius 1 is 1.12 bits per heavy atom. The van der Waals surface area contributed by atoms with Crippen LogP contribution in [0, 0.1) is 23.2 Å². The van der Waals surface area contributed by atoms with Crippen molar-refractivity contribution in [2.75, 3.05) is 0 Å². The molecule has 1 aliphatic rings. The van der Waals surface area contributed by atoms with Gasteiger partial charge in [0, 0.05) is 0 Å². The van der Waals surface area contributed by atoms with E-state index in [1.54, 1.807) is 6.08 Å². The highest BCUT2D eigenvalue weighted by Crippen LogP contribution is 2.32. The maximum absolute atomic E-state index is 12.7. The molecule has 1 aromatic rings. The first-order valence-corrected chi connectivity index (χ1v) is 9.73. The highest BCUT2D eigenvalue weighted by Gasteiger charge is 2.18. The van der Waals surface area contributed by atoms with Crippen molar-refractivity contribution in [1.29, 1.82) is 5.26 Å². The molecule has 0 heterocycles. The normalized spacial score (nSPS) is 21.4. The van der Waals surface area contributed by atoms with Crippen molar-refractivity contribution in [2.24, 2.45) is 11.8 Å². The summed E-state index contributed by atoms with van der Waals surface area (Å²) in [5, 5.41) is 8.38. The van der Waals surface area contributed by atoms with Crippen molar-refractivity contribution in [2.45, 2.75) is 64.7 Å². The van der Waals surface area contributed by atoms with Crippen molar-refractivity contribution in [3.63, 3.8) is 0 Å². The van der Waals surface area contributed by atoms with Gasteiger partial charge in [-0.15, -0.1) is 0 Å². The maximum Gasteiger partial charge on any atom is 0.199 e. The summed E-state index contributed by atoms with van der Waals surface area (Å²) in [5.74, 6) is 0.698. The topological polar surface area (TPSA) is 23.8 Å². The Labute approximate surface area is 152 Å². The molecule has 134 valence electrons. The van der Waals surface area contributed by atoms with Gasteiger partial charge in [-0.3, -0.25) is 0 Å². The summed E-state index contributed by atoms with van der Waals surface area (Å²) in [6.07, 6.45) is 16.2. The largest absolute Gasteiger partial charge is 0.199 e. The number of rotatable bonds is 8. The van der Waals surface area contributed by atoms with Crippen LogP contribution in [0.25, 0.3) is 0 Å². The summed E-state index contributed by atoms with van der Waals surface area (Å²) in [5.41, 5.74) is 2.88. The van der Waals surface area contributed by atoms with Crippen LogP contribution in [0.2, 0.25) is 0 Å². The first-order chi connectivity index (χ1) is 12.2. The molecule has 0 radical (unpaired) electrons. The quantitative estimate of drug-likeness (QED) is 0.293. The van der Waals surface area contributed by atoms with Crippen LogP contribution < -0.4 is 0 Å². The first kappa shape index (κ1) is 19.4. The van der Waals surface area contributed by atoms with Crippen LogP contribution >= 0.6 is 0 Å². The minimum absolute atomic E-state index is 0.552. The maximum atomic E-state index is 12.7. The molecule has 0 aliphatic heterocycles. The zero-order valence-electron chi connectivity index (χ0n) is 15.4. The molecule has 0 bridgehead atoms. The number of halogens is 1. The van der Waals surface area contributed by atoms with Gasteiger partial charge < -0.3 is 0 Å². The predicted molar refractivity (Wildman–Crippen MR) is 103 cm³/mol. The molecule has 1 aliphatic carbocycles. The monoisotopic (exact) mass is 339 g/mol. The molecule has 0 unspecified atom stereocenters. The highest BCUT2D eigenvalue weighted by molar-refractivity contribution is 5.22. The molecule has 1 fully saturated rings. The van der Waals surface area contributed by atoms with Crippen LogP contribution in [0.1, 0.15) is 63.0 Å². The first-order valence-electron chi connectivity index (χ1n) is 9.73. The van der Waals surface area contributed by atoms with E-state index < -0.39 is 5.83 Å². The molecular weight excluding hydrogens is 309 g/mol. The van der Waals surface area contributed by atoms with Gasteiger partial charge in [0.15, 0.2) is 5.83 Å². The lowest BCUT2D eigenvalue weighted by Gasteiger charge is -2.26. The van der Waals surface area contributed by atoms with E-state index in [9.17, 15) is 4.39 Å². The average molecular weight is 339 g/mol. The Morgan fingerprint density at radius 2 is 1.80 bits per heavy atom. The Balaban J connectivity index is 1.60. The third-order valence-corrected chi connectivity index (χ3v) is 5.38. The van der Waals surface area contributed by atoms with Crippen molar-refractivity contribution >= 4 is 0 Å². The van der Waals surface area contributed by atoms with Gasteiger partial charge in [-0.25, -0.2) is 0 Å². The fraction of sp³-hybridized carbons (Fsp3) is 0.522. The van der Waals surface area contributed by atoms with E-state index in [0.29, 0.717) is 5.92 Å². The van der Waals surface area contributed by atoms with E-state index >= 15 is 0 Å². The molecule has 1 saturated carbocycles. The fourth-order valence-corrected chi connectivity index (χ4v) is 3.71. The molecule has 25 heavy (non-hydrogen) atoms. The van der Waals surface area contributed by atoms with Gasteiger partial charge in [-0.2, -0.15) is 9.65 Å². The van der Waals surface area contributed by atoms with Gasteiger partial charge in [0.1, 0.15) is 6.07 Å². The minimum Gasteiger partial charge on any atom is -0.195 e. The summed E-state index contributed by atoms with van der Waals surface area (Å²) in [6.45, 7) is 2.20. The van der Waals surface area contributed by atoms with Gasteiger partial charge in [0.25, 0.3) is 0 Å². The Hall–Kier alpha value is -1.88. The number of benzene rings is 1. The molecular formula is C23H30FN. The second-order valence-corrected chi connectivity index (χ2v) is 7.21. The van der Waals surface area contributed by atoms with Gasteiger partial charge in [0.2, 0.25) is 0 Å². The van der Waals surface area contributed by atoms with Gasteiger partial charge >= 0.3 is 0 Å². The number of nitrogens with zero attached hydrogens (tertiary/aromatic N) is 1. The number of hydrogen-bond acceptors (Lipinski definition) is 1. The lowest BCUT2D eigenvalue weighted by atomic mass is 9.79. The van der Waals surface area contributed by atoms with Crippen molar-refractivity contribution in [3.05, 3.63) is 59.4 Å². The molecule has 1 aromatic carbocycles. The molecule has 2 rings (SSSR count). The molecule has 0 atom stereocenters. The molecule has 0 N–H and O–H groups in total. The third kappa shape index (κ3) is 7.26. The number of aryl methyl sites for hydroxylation is 2. The number of unbranched alkanes of at least 4 members (excludes halogenated alkanes) is 1. The molecule has 0 amide bonds. The Bertz CT molecular complexity index is 598. The average Bonchev–Trinajstić information content (AvgIpc) is 2.66. The summed E-state index contributed by atoms with van der Waals surface area (Å²) in [6, 6.07) is 10.6. The number of allylic oxidation sites excluding steroid dienone is 4. The summed E-state index contributed by atoms with van der Waals surface area (Å²) in [4.78, 5) is 0. The second-order valence-electron chi connectivity index (χ2n) is 7.21. The van der Waals surface area contributed by atoms with E-state index in [4.69, 9.17) is 5.26 Å². The Morgan fingerprint density at radius 3 is 2.44 bits per heavy atom. The summed E-state index contributed by atoms with van der Waals surface area (Å²) in [7, 11) is 0. The van der Waals surface area contributed by atoms with Crippen LogP contribution in [-0.4, -0.2) is 0 Å². The molecule has 0 saturated heterocycles. The van der Waals surface area contributed by atoms with Gasteiger partial charge in [-0.1, -0.05) is 56.2 Å². The third-order valence-electron chi connectivity index (χ3n) is 5.38. The van der Waals surface area contributed by atoms with E-state index in [0.717, 1.165) is 12.3 Å². The summed E-state index contributed by atoms with van der Waals surface area (Å²) >= 11 is 0. The van der Waals surface area contributed by atoms with E-state index in [2.05, 4.69) is 37.3 Å². The standard InChI is InChI=1S/C23H30FN/c1-2-19-10-12-20(13-11-19)6-3-4-7-21-14-16-22(17-15-21)8-5-9-23(24)18-25/h5,8-13,21-22H,2-4,6-7,14-17H2,1H3/b8-5+,23-9-. The van der Waals surface area contributed by atoms with Crippen LogP contribution in [0.4, 0.5) is 4.39 Å². The van der Waals surface area contributed by atoms with Crippen LogP contribution in [0.3, 0.4) is 0 Å². The van der Waals surface area contributed by atoms with E-state index in [1.165, 1.54) is 74.6 Å². The second kappa shape index (κ2) is 10.9. The van der Waals surface area contributed by atoms with Crippen LogP contribution in [-0.2, 0) is 12.8 Å². The predicted octanol–water partition coefficient (Wildman–Crippen LogP) is 6.70. The molecule has 0 aromatic heterocycles. The van der Waals surface area contributed by atoms with Crippen LogP contribution in [0.5, 0.6) is 0 Å². The fourth-order valence-electron chi connectivity index (χ4n) is 3.71. The van der Waals surface area contributed by atoms with Gasteiger partial charge in [0.05, 0.1) is 0 Å². The van der Waals surface area contributed by atoms with Crippen molar-refractivity contribution in [1.82, 2.24) is 0 Å². The van der Waals surface area contributed by atoms with E-state index in [-0.39, 0.29) is 0 Å². The highest BCUT2D eigenvalue weighted by atomic mass is 19.1. The lowest BCUT2D eigenvalue weighted by Crippen LogP contribution is -2.13.